The highest BCUT2D eigenvalue weighted by Crippen LogP contribution is 2.21. The fourth-order valence-corrected chi connectivity index (χ4v) is 3.22. The summed E-state index contributed by atoms with van der Waals surface area (Å²) in [6, 6.07) is 10.2. The Labute approximate surface area is 113 Å². The molecular formula is C10H12I2N2. The Balaban J connectivity index is 2.90. The van der Waals surface area contributed by atoms with Gasteiger partial charge in [0.2, 0.25) is 0 Å². The number of benzene rings is 1. The van der Waals surface area contributed by atoms with Crippen LogP contribution in [0.3, 0.4) is 0 Å². The minimum absolute atomic E-state index is 0.434. The lowest BCUT2D eigenvalue weighted by Gasteiger charge is -2.20. The number of hydrogen-bond donors (Lipinski definition) is 0. The quantitative estimate of drug-likeness (QED) is 0.306. The zero-order valence-corrected chi connectivity index (χ0v) is 12.4. The van der Waals surface area contributed by atoms with Crippen LogP contribution in [0.15, 0.2) is 33.5 Å². The molecule has 0 aliphatic carbocycles. The summed E-state index contributed by atoms with van der Waals surface area (Å²) in [7, 11) is 0. The van der Waals surface area contributed by atoms with E-state index in [1.165, 1.54) is 0 Å². The van der Waals surface area contributed by atoms with E-state index in [0.29, 0.717) is 5.92 Å². The lowest BCUT2D eigenvalue weighted by Crippen LogP contribution is -2.24. The van der Waals surface area contributed by atoms with Gasteiger partial charge in [-0.05, 0) is 12.1 Å². The van der Waals surface area contributed by atoms with E-state index in [1.54, 1.807) is 0 Å². The summed E-state index contributed by atoms with van der Waals surface area (Å²) >= 11 is 4.33. The molecule has 14 heavy (non-hydrogen) atoms. The monoisotopic (exact) mass is 414 g/mol. The summed E-state index contributed by atoms with van der Waals surface area (Å²) in [6.45, 7) is 4.29. The van der Waals surface area contributed by atoms with E-state index in [9.17, 15) is 0 Å². The Morgan fingerprint density at radius 3 is 2.29 bits per heavy atom. The fraction of sp³-hybridized carbons (Fsp3) is 0.300. The molecule has 0 saturated carbocycles. The van der Waals surface area contributed by atoms with Gasteiger partial charge in [-0.2, -0.15) is 0 Å². The molecule has 0 amide bonds. The van der Waals surface area contributed by atoms with E-state index >= 15 is 0 Å². The minimum atomic E-state index is 0.434. The van der Waals surface area contributed by atoms with Crippen molar-refractivity contribution in [1.29, 1.82) is 0 Å². The molecule has 76 valence electrons. The fourth-order valence-electron chi connectivity index (χ4n) is 1.05. The smallest absolute Gasteiger partial charge is 0.127 e. The summed E-state index contributed by atoms with van der Waals surface area (Å²) in [6.07, 6.45) is 0. The van der Waals surface area contributed by atoms with E-state index in [0.717, 1.165) is 11.5 Å². The summed E-state index contributed by atoms with van der Waals surface area (Å²) < 4.78 is 6.36. The highest BCUT2D eigenvalue weighted by atomic mass is 127. The molecule has 1 rings (SSSR count). The molecule has 0 aromatic heterocycles. The maximum atomic E-state index is 4.27. The molecule has 0 spiro atoms. The van der Waals surface area contributed by atoms with Gasteiger partial charge in [-0.1, -0.05) is 32.0 Å². The number of amidine groups is 1. The Morgan fingerprint density at radius 2 is 1.86 bits per heavy atom. The van der Waals surface area contributed by atoms with E-state index in [2.05, 4.69) is 55.2 Å². The number of nitrogens with zero attached hydrogens (tertiary/aromatic N) is 2. The average Bonchev–Trinajstić information content (AvgIpc) is 2.19. The van der Waals surface area contributed by atoms with Crippen LogP contribution in [0, 0.1) is 5.92 Å². The van der Waals surface area contributed by atoms with Crippen LogP contribution < -0.4 is 3.11 Å². The highest BCUT2D eigenvalue weighted by Gasteiger charge is 2.13. The molecule has 0 radical (unpaired) electrons. The highest BCUT2D eigenvalue weighted by molar-refractivity contribution is 14.1. The van der Waals surface area contributed by atoms with Gasteiger partial charge in [0.15, 0.2) is 0 Å². The Morgan fingerprint density at radius 1 is 1.29 bits per heavy atom. The Hall–Kier alpha value is 0.150. The van der Waals surface area contributed by atoms with Crippen LogP contribution in [0.25, 0.3) is 0 Å². The van der Waals surface area contributed by atoms with Gasteiger partial charge < -0.3 is 0 Å². The SMILES string of the molecule is CC(C)/C(=N/I)N(I)c1ccccc1. The number of rotatable bonds is 2. The second kappa shape index (κ2) is 5.89. The van der Waals surface area contributed by atoms with Gasteiger partial charge in [0.05, 0.1) is 51.4 Å². The van der Waals surface area contributed by atoms with Gasteiger partial charge in [-0.3, -0.25) is 3.11 Å². The lowest BCUT2D eigenvalue weighted by molar-refractivity contribution is 0.880. The summed E-state index contributed by atoms with van der Waals surface area (Å²) in [4.78, 5) is 0. The van der Waals surface area contributed by atoms with Crippen LogP contribution in [0.2, 0.25) is 0 Å². The van der Waals surface area contributed by atoms with Crippen molar-refractivity contribution < 1.29 is 0 Å². The Bertz CT molecular complexity index is 309. The van der Waals surface area contributed by atoms with Crippen LogP contribution in [-0.4, -0.2) is 5.84 Å². The van der Waals surface area contributed by atoms with Crippen LogP contribution in [-0.2, 0) is 0 Å². The van der Waals surface area contributed by atoms with Crippen molar-refractivity contribution in [2.45, 2.75) is 13.8 Å². The second-order valence-electron chi connectivity index (χ2n) is 3.21. The van der Waals surface area contributed by atoms with E-state index < -0.39 is 0 Å². The van der Waals surface area contributed by atoms with Crippen LogP contribution in [0.5, 0.6) is 0 Å². The molecule has 0 atom stereocenters. The zero-order chi connectivity index (χ0) is 10.6. The van der Waals surface area contributed by atoms with E-state index in [1.807, 2.05) is 41.1 Å². The first-order valence-electron chi connectivity index (χ1n) is 4.36. The van der Waals surface area contributed by atoms with Gasteiger partial charge in [0.25, 0.3) is 0 Å². The molecule has 0 saturated heterocycles. The molecular weight excluding hydrogens is 402 g/mol. The molecule has 1 aromatic carbocycles. The molecule has 0 N–H and O–H groups in total. The number of halogens is 2. The molecule has 2 nitrogen and oxygen atoms in total. The van der Waals surface area contributed by atoms with E-state index in [4.69, 9.17) is 0 Å². The molecule has 0 bridgehead atoms. The molecule has 0 aliphatic heterocycles. The van der Waals surface area contributed by atoms with Gasteiger partial charge >= 0.3 is 0 Å². The molecule has 0 fully saturated rings. The zero-order valence-electron chi connectivity index (χ0n) is 8.11. The van der Waals surface area contributed by atoms with Crippen molar-refractivity contribution in [3.63, 3.8) is 0 Å². The van der Waals surface area contributed by atoms with Crippen molar-refractivity contribution in [3.8, 4) is 0 Å². The van der Waals surface area contributed by atoms with Gasteiger partial charge in [-0.25, -0.2) is 3.21 Å². The second-order valence-corrected chi connectivity index (χ2v) is 4.66. The van der Waals surface area contributed by atoms with Crippen molar-refractivity contribution >= 4 is 57.3 Å². The molecule has 0 aliphatic rings. The van der Waals surface area contributed by atoms with Gasteiger partial charge in [0, 0.05) is 5.92 Å². The number of anilines is 1. The number of para-hydroxylation sites is 1. The molecule has 0 unspecified atom stereocenters. The third kappa shape index (κ3) is 3.08. The maximum Gasteiger partial charge on any atom is 0.127 e. The largest absolute Gasteiger partial charge is 0.270 e. The van der Waals surface area contributed by atoms with Crippen LogP contribution >= 0.6 is 45.7 Å². The van der Waals surface area contributed by atoms with Crippen LogP contribution in [0.1, 0.15) is 13.8 Å². The predicted octanol–water partition coefficient (Wildman–Crippen LogP) is 4.25. The molecule has 1 aromatic rings. The predicted molar refractivity (Wildman–Crippen MR) is 79.2 cm³/mol. The van der Waals surface area contributed by atoms with Crippen molar-refractivity contribution in [2.24, 2.45) is 9.12 Å². The van der Waals surface area contributed by atoms with Crippen molar-refractivity contribution in [2.75, 3.05) is 3.11 Å². The first-order chi connectivity index (χ1) is 6.66. The van der Waals surface area contributed by atoms with Gasteiger partial charge in [-0.15, -0.1) is 0 Å². The third-order valence-electron chi connectivity index (χ3n) is 1.79. The first-order valence-corrected chi connectivity index (χ1v) is 6.29. The maximum absolute atomic E-state index is 4.27. The summed E-state index contributed by atoms with van der Waals surface area (Å²) in [5.74, 6) is 1.52. The topological polar surface area (TPSA) is 15.6 Å². The standard InChI is InChI=1S/C10H12I2N2/c1-8(2)10(13-11)14(12)9-6-4-3-5-7-9/h3-8H,1-2H3/b13-10-. The summed E-state index contributed by atoms with van der Waals surface area (Å²) in [5.41, 5.74) is 1.16. The number of hydrogen-bond acceptors (Lipinski definition) is 1. The average molecular weight is 414 g/mol. The third-order valence-corrected chi connectivity index (χ3v) is 3.33. The molecule has 4 heteroatoms. The minimum Gasteiger partial charge on any atom is -0.270 e. The van der Waals surface area contributed by atoms with Crippen molar-refractivity contribution in [1.82, 2.24) is 0 Å². The van der Waals surface area contributed by atoms with E-state index in [-0.39, 0.29) is 0 Å². The molecule has 0 heterocycles. The lowest BCUT2D eigenvalue weighted by atomic mass is 10.2. The van der Waals surface area contributed by atoms with Crippen molar-refractivity contribution in [3.05, 3.63) is 30.3 Å². The van der Waals surface area contributed by atoms with Crippen LogP contribution in [0.4, 0.5) is 5.69 Å². The Kier molecular flexibility index (Phi) is 5.14. The normalized spacial score (nSPS) is 11.9. The summed E-state index contributed by atoms with van der Waals surface area (Å²) in [5, 5.41) is 0. The van der Waals surface area contributed by atoms with Gasteiger partial charge in [0.1, 0.15) is 5.84 Å². The first kappa shape index (κ1) is 12.2.